The van der Waals surface area contributed by atoms with Crippen LogP contribution in [0.25, 0.3) is 110 Å². The molecule has 0 radical (unpaired) electrons. The highest BCUT2D eigenvalue weighted by atomic mass is 32.1. The van der Waals surface area contributed by atoms with Gasteiger partial charge in [0.1, 0.15) is 0 Å². The fourth-order valence-corrected chi connectivity index (χ4v) is 9.20. The summed E-state index contributed by atoms with van der Waals surface area (Å²) >= 11 is 1.82. The van der Waals surface area contributed by atoms with Gasteiger partial charge < -0.3 is 0 Å². The van der Waals surface area contributed by atoms with Crippen LogP contribution in [0.2, 0.25) is 0 Å². The van der Waals surface area contributed by atoms with Gasteiger partial charge in [-0.1, -0.05) is 182 Å². The molecule has 286 valence electrons. The van der Waals surface area contributed by atoms with E-state index in [9.17, 15) is 0 Å². The van der Waals surface area contributed by atoms with Crippen LogP contribution in [-0.4, -0.2) is 19.9 Å². The van der Waals surface area contributed by atoms with Crippen LogP contribution in [0.15, 0.2) is 218 Å². The molecule has 61 heavy (non-hydrogen) atoms. The molecule has 3 aromatic heterocycles. The molecular weight excluding hydrogens is 761 g/mol. The molecule has 0 aliphatic rings. The Kier molecular flexibility index (Phi) is 9.34. The normalized spacial score (nSPS) is 11.3. The van der Waals surface area contributed by atoms with Gasteiger partial charge in [-0.3, -0.25) is 0 Å². The Bertz CT molecular complexity index is 3010. The average molecular weight is 797 g/mol. The van der Waals surface area contributed by atoms with E-state index in [1.807, 2.05) is 35.6 Å². The molecule has 0 N–H and O–H groups in total. The van der Waals surface area contributed by atoms with Crippen LogP contribution < -0.4 is 0 Å². The van der Waals surface area contributed by atoms with Gasteiger partial charge in [0, 0.05) is 53.6 Å². The maximum absolute atomic E-state index is 5.19. The van der Waals surface area contributed by atoms with Crippen molar-refractivity contribution < 1.29 is 0 Å². The SMILES string of the molecule is c1ccc(-c2cc(-c3ccccc3)nc(-c3ccccc3-c3ccc4sc5ccc(-c6ccccc6-c6nc(-c7ccccc7)cc(-c7ccccc7)n6)cc5c4c3)n2)cc1. The lowest BCUT2D eigenvalue weighted by Gasteiger charge is -2.13. The molecule has 0 atom stereocenters. The van der Waals surface area contributed by atoms with Gasteiger partial charge in [-0.15, -0.1) is 11.3 Å². The van der Waals surface area contributed by atoms with Gasteiger partial charge in [0.05, 0.1) is 22.8 Å². The second-order valence-electron chi connectivity index (χ2n) is 15.0. The first-order valence-electron chi connectivity index (χ1n) is 20.4. The van der Waals surface area contributed by atoms with E-state index in [1.54, 1.807) is 0 Å². The van der Waals surface area contributed by atoms with Gasteiger partial charge in [0.25, 0.3) is 0 Å². The minimum atomic E-state index is 0.693. The number of thiophene rings is 1. The molecule has 0 aliphatic heterocycles. The summed E-state index contributed by atoms with van der Waals surface area (Å²) in [6.07, 6.45) is 0. The molecule has 8 aromatic carbocycles. The number of rotatable bonds is 8. The van der Waals surface area contributed by atoms with Crippen molar-refractivity contribution in [3.8, 4) is 90.1 Å². The van der Waals surface area contributed by atoms with Crippen LogP contribution in [0.4, 0.5) is 0 Å². The van der Waals surface area contributed by atoms with Crippen LogP contribution in [0, 0.1) is 0 Å². The predicted molar refractivity (Wildman–Crippen MR) is 254 cm³/mol. The summed E-state index contributed by atoms with van der Waals surface area (Å²) < 4.78 is 2.48. The first-order valence-corrected chi connectivity index (χ1v) is 21.2. The maximum Gasteiger partial charge on any atom is 0.161 e. The molecule has 0 saturated heterocycles. The zero-order chi connectivity index (χ0) is 40.5. The van der Waals surface area contributed by atoms with E-state index in [1.165, 1.54) is 20.2 Å². The standard InChI is InChI=1S/C56H36N4S/c1-5-17-37(18-6-1)49-35-50(38-19-7-2-8-20-38)58-55(57-49)45-27-15-13-25-43(45)41-29-31-53-47(33-41)48-34-42(30-32-54(48)61-53)44-26-14-16-28-46(44)56-59-51(39-21-9-3-10-22-39)36-52(60-56)40-23-11-4-12-24-40/h1-36H. The Morgan fingerprint density at radius 3 is 0.869 bits per heavy atom. The van der Waals surface area contributed by atoms with Crippen molar-refractivity contribution >= 4 is 31.5 Å². The first-order chi connectivity index (χ1) is 30.2. The molecule has 0 saturated carbocycles. The lowest BCUT2D eigenvalue weighted by Crippen LogP contribution is -1.97. The summed E-state index contributed by atoms with van der Waals surface area (Å²) in [5.74, 6) is 1.39. The second kappa shape index (κ2) is 15.7. The fourth-order valence-electron chi connectivity index (χ4n) is 8.13. The van der Waals surface area contributed by atoms with Crippen molar-refractivity contribution in [2.24, 2.45) is 0 Å². The van der Waals surface area contributed by atoms with E-state index in [4.69, 9.17) is 19.9 Å². The maximum atomic E-state index is 5.19. The summed E-state index contributed by atoms with van der Waals surface area (Å²) in [4.78, 5) is 20.8. The third-order valence-corrected chi connectivity index (χ3v) is 12.3. The molecule has 4 nitrogen and oxygen atoms in total. The van der Waals surface area contributed by atoms with Crippen molar-refractivity contribution in [3.05, 3.63) is 218 Å². The molecular formula is C56H36N4S. The first kappa shape index (κ1) is 36.2. The lowest BCUT2D eigenvalue weighted by molar-refractivity contribution is 1.18. The molecule has 0 aliphatic carbocycles. The number of hydrogen-bond acceptors (Lipinski definition) is 5. The van der Waals surface area contributed by atoms with E-state index >= 15 is 0 Å². The average Bonchev–Trinajstić information content (AvgIpc) is 3.72. The number of hydrogen-bond donors (Lipinski definition) is 0. The Morgan fingerprint density at radius 2 is 0.541 bits per heavy atom. The number of aromatic nitrogens is 4. The Hall–Kier alpha value is -7.86. The third kappa shape index (κ3) is 7.07. The highest BCUT2D eigenvalue weighted by Gasteiger charge is 2.18. The van der Waals surface area contributed by atoms with Crippen molar-refractivity contribution in [1.82, 2.24) is 19.9 Å². The summed E-state index contributed by atoms with van der Waals surface area (Å²) in [6, 6.07) is 76.2. The molecule has 3 heterocycles. The van der Waals surface area contributed by atoms with E-state index in [0.717, 1.165) is 78.4 Å². The van der Waals surface area contributed by atoms with Gasteiger partial charge >= 0.3 is 0 Å². The highest BCUT2D eigenvalue weighted by Crippen LogP contribution is 2.42. The van der Waals surface area contributed by atoms with E-state index < -0.39 is 0 Å². The van der Waals surface area contributed by atoms with Crippen molar-refractivity contribution in [2.45, 2.75) is 0 Å². The number of benzene rings is 8. The molecule has 0 spiro atoms. The Labute approximate surface area is 358 Å². The summed E-state index contributed by atoms with van der Waals surface area (Å²) in [5, 5.41) is 2.42. The van der Waals surface area contributed by atoms with E-state index in [2.05, 4.69) is 194 Å². The largest absolute Gasteiger partial charge is 0.228 e. The van der Waals surface area contributed by atoms with Gasteiger partial charge in [-0.25, -0.2) is 19.9 Å². The van der Waals surface area contributed by atoms with E-state index in [-0.39, 0.29) is 0 Å². The molecule has 0 bridgehead atoms. The monoisotopic (exact) mass is 796 g/mol. The van der Waals surface area contributed by atoms with Crippen LogP contribution in [0.5, 0.6) is 0 Å². The summed E-state index contributed by atoms with van der Waals surface area (Å²) in [7, 11) is 0. The summed E-state index contributed by atoms with van der Waals surface area (Å²) in [5.41, 5.74) is 14.1. The number of nitrogens with zero attached hydrogens (tertiary/aromatic N) is 4. The van der Waals surface area contributed by atoms with Gasteiger partial charge in [0.15, 0.2) is 11.6 Å². The molecule has 0 fully saturated rings. The van der Waals surface area contributed by atoms with Crippen LogP contribution in [0.1, 0.15) is 0 Å². The number of fused-ring (bicyclic) bond motifs is 3. The third-order valence-electron chi connectivity index (χ3n) is 11.2. The molecule has 0 unspecified atom stereocenters. The quantitative estimate of drug-likeness (QED) is 0.154. The summed E-state index contributed by atoms with van der Waals surface area (Å²) in [6.45, 7) is 0. The van der Waals surface area contributed by atoms with Gasteiger partial charge in [-0.05, 0) is 58.7 Å². The second-order valence-corrected chi connectivity index (χ2v) is 16.1. The van der Waals surface area contributed by atoms with Crippen LogP contribution >= 0.6 is 11.3 Å². The Balaban J connectivity index is 1.03. The van der Waals surface area contributed by atoms with Crippen LogP contribution in [-0.2, 0) is 0 Å². The van der Waals surface area contributed by atoms with Gasteiger partial charge in [0.2, 0.25) is 0 Å². The predicted octanol–water partition coefficient (Wildman–Crippen LogP) is 15.0. The highest BCUT2D eigenvalue weighted by molar-refractivity contribution is 7.25. The zero-order valence-corrected chi connectivity index (χ0v) is 33.8. The minimum absolute atomic E-state index is 0.693. The molecule has 11 aromatic rings. The van der Waals surface area contributed by atoms with E-state index in [0.29, 0.717) is 11.6 Å². The molecule has 5 heteroatoms. The van der Waals surface area contributed by atoms with Crippen LogP contribution in [0.3, 0.4) is 0 Å². The van der Waals surface area contributed by atoms with Crippen molar-refractivity contribution in [2.75, 3.05) is 0 Å². The van der Waals surface area contributed by atoms with Gasteiger partial charge in [-0.2, -0.15) is 0 Å². The topological polar surface area (TPSA) is 51.6 Å². The molecule has 11 rings (SSSR count). The fraction of sp³-hybridized carbons (Fsp3) is 0. The van der Waals surface area contributed by atoms with Crippen molar-refractivity contribution in [3.63, 3.8) is 0 Å². The Morgan fingerprint density at radius 1 is 0.246 bits per heavy atom. The minimum Gasteiger partial charge on any atom is -0.228 e. The smallest absolute Gasteiger partial charge is 0.161 e. The lowest BCUT2D eigenvalue weighted by atomic mass is 9.95. The van der Waals surface area contributed by atoms with Crippen molar-refractivity contribution in [1.29, 1.82) is 0 Å². The zero-order valence-electron chi connectivity index (χ0n) is 33.0. The molecule has 0 amide bonds.